The van der Waals surface area contributed by atoms with E-state index in [2.05, 4.69) is 13.2 Å². The Hall–Kier alpha value is -2.41. The second-order valence-electron chi connectivity index (χ2n) is 5.02. The molecule has 0 spiro atoms. The molecule has 0 heterocycles. The van der Waals surface area contributed by atoms with Crippen molar-refractivity contribution in [3.8, 4) is 0 Å². The molecule has 0 fully saturated rings. The van der Waals surface area contributed by atoms with E-state index in [-0.39, 0.29) is 5.78 Å². The molecule has 0 aromatic heterocycles. The molecule has 2 aromatic rings. The number of Topliss-reactive ketones (excluding diaryl/α,β-unsaturated/α-hetero) is 1. The second kappa shape index (κ2) is 5.70. The molecule has 100 valence electrons. The van der Waals surface area contributed by atoms with Gasteiger partial charge in [-0.1, -0.05) is 72.8 Å². The zero-order valence-corrected chi connectivity index (χ0v) is 11.9. The number of hydrogen-bond acceptors (Lipinski definition) is 1. The minimum Gasteiger partial charge on any atom is -0.289 e. The van der Waals surface area contributed by atoms with Gasteiger partial charge in [-0.05, 0) is 25.0 Å². The Morgan fingerprint density at radius 1 is 0.700 bits per heavy atom. The quantitative estimate of drug-likeness (QED) is 0.736. The molecule has 0 aliphatic heterocycles. The Morgan fingerprint density at radius 3 is 1.30 bits per heavy atom. The summed E-state index contributed by atoms with van der Waals surface area (Å²) in [5.74, 6) is -0.113. The van der Waals surface area contributed by atoms with Crippen molar-refractivity contribution in [2.24, 2.45) is 0 Å². The Labute approximate surface area is 120 Å². The lowest BCUT2D eigenvalue weighted by Crippen LogP contribution is -2.03. The summed E-state index contributed by atoms with van der Waals surface area (Å²) in [5, 5.41) is 0. The van der Waals surface area contributed by atoms with E-state index < -0.39 is 0 Å². The highest BCUT2D eigenvalue weighted by molar-refractivity contribution is 6.41. The molecular formula is C19H18O. The highest BCUT2D eigenvalue weighted by atomic mass is 16.1. The normalized spacial score (nSPS) is 10.1. The number of rotatable bonds is 4. The first kappa shape index (κ1) is 14.0. The Morgan fingerprint density at radius 2 is 1.00 bits per heavy atom. The van der Waals surface area contributed by atoms with Crippen LogP contribution in [0, 0.1) is 13.8 Å². The summed E-state index contributed by atoms with van der Waals surface area (Å²) in [4.78, 5) is 12.4. The third kappa shape index (κ3) is 2.94. The molecule has 0 aliphatic rings. The first-order chi connectivity index (χ1) is 9.49. The summed E-state index contributed by atoms with van der Waals surface area (Å²) in [5.41, 5.74) is 4.96. The van der Waals surface area contributed by atoms with Crippen molar-refractivity contribution < 1.29 is 4.79 Å². The smallest absolute Gasteiger partial charge is 0.193 e. The van der Waals surface area contributed by atoms with Gasteiger partial charge in [0.2, 0.25) is 0 Å². The van der Waals surface area contributed by atoms with Crippen molar-refractivity contribution in [2.75, 3.05) is 0 Å². The molecule has 2 aromatic carbocycles. The second-order valence-corrected chi connectivity index (χ2v) is 5.02. The van der Waals surface area contributed by atoms with Crippen molar-refractivity contribution in [1.29, 1.82) is 0 Å². The van der Waals surface area contributed by atoms with E-state index in [0.717, 1.165) is 22.3 Å². The van der Waals surface area contributed by atoms with Gasteiger partial charge in [-0.2, -0.15) is 0 Å². The van der Waals surface area contributed by atoms with E-state index in [4.69, 9.17) is 0 Å². The van der Waals surface area contributed by atoms with Crippen molar-refractivity contribution >= 4 is 16.9 Å². The fraction of sp³-hybridized carbons (Fsp3) is 0.105. The Balaban J connectivity index is 2.22. The molecule has 0 radical (unpaired) electrons. The van der Waals surface area contributed by atoms with Crippen LogP contribution in [0.5, 0.6) is 0 Å². The van der Waals surface area contributed by atoms with Gasteiger partial charge in [0.15, 0.2) is 5.78 Å². The first-order valence-corrected chi connectivity index (χ1v) is 6.55. The molecule has 0 saturated carbocycles. The van der Waals surface area contributed by atoms with Crippen LogP contribution in [0.4, 0.5) is 0 Å². The lowest BCUT2D eigenvalue weighted by molar-refractivity contribution is -0.108. The Bertz CT molecular complexity index is 598. The van der Waals surface area contributed by atoms with Crippen LogP contribution in [-0.4, -0.2) is 5.78 Å². The van der Waals surface area contributed by atoms with Crippen LogP contribution >= 0.6 is 0 Å². The monoisotopic (exact) mass is 262 g/mol. The van der Waals surface area contributed by atoms with E-state index in [1.807, 2.05) is 62.4 Å². The van der Waals surface area contributed by atoms with Gasteiger partial charge in [0.25, 0.3) is 0 Å². The summed E-state index contributed by atoms with van der Waals surface area (Å²) in [6.45, 7) is 11.8. The lowest BCUT2D eigenvalue weighted by atomic mass is 9.94. The van der Waals surface area contributed by atoms with Gasteiger partial charge in [-0.3, -0.25) is 4.79 Å². The van der Waals surface area contributed by atoms with Crippen molar-refractivity contribution in [3.63, 3.8) is 0 Å². The predicted octanol–water partition coefficient (Wildman–Crippen LogP) is 4.60. The maximum atomic E-state index is 12.4. The topological polar surface area (TPSA) is 17.1 Å². The minimum atomic E-state index is -0.113. The fourth-order valence-corrected chi connectivity index (χ4v) is 1.95. The van der Waals surface area contributed by atoms with Gasteiger partial charge in [0.05, 0.1) is 0 Å². The Kier molecular flexibility index (Phi) is 3.99. The SMILES string of the molecule is C=C(C(=O)C(=C)c1ccc(C)cc1)c1ccc(C)cc1. The molecular weight excluding hydrogens is 244 g/mol. The van der Waals surface area contributed by atoms with Crippen LogP contribution < -0.4 is 0 Å². The van der Waals surface area contributed by atoms with Crippen molar-refractivity contribution in [2.45, 2.75) is 13.8 Å². The highest BCUT2D eigenvalue weighted by Gasteiger charge is 2.14. The number of benzene rings is 2. The third-order valence-corrected chi connectivity index (χ3v) is 3.35. The largest absolute Gasteiger partial charge is 0.289 e. The summed E-state index contributed by atoms with van der Waals surface area (Å²) in [7, 11) is 0. The summed E-state index contributed by atoms with van der Waals surface area (Å²) in [6.07, 6.45) is 0. The molecule has 2 rings (SSSR count). The number of hydrogen-bond donors (Lipinski definition) is 0. The molecule has 0 amide bonds. The van der Waals surface area contributed by atoms with E-state index in [0.29, 0.717) is 11.1 Å². The fourth-order valence-electron chi connectivity index (χ4n) is 1.95. The lowest BCUT2D eigenvalue weighted by Gasteiger charge is -2.09. The zero-order chi connectivity index (χ0) is 14.7. The maximum Gasteiger partial charge on any atom is 0.193 e. The molecule has 0 aliphatic carbocycles. The predicted molar refractivity (Wildman–Crippen MR) is 85.4 cm³/mol. The summed E-state index contributed by atoms with van der Waals surface area (Å²) in [6, 6.07) is 15.6. The van der Waals surface area contributed by atoms with Gasteiger partial charge < -0.3 is 0 Å². The van der Waals surface area contributed by atoms with Crippen molar-refractivity contribution in [1.82, 2.24) is 0 Å². The minimum absolute atomic E-state index is 0.113. The average Bonchev–Trinajstić information content (AvgIpc) is 2.46. The van der Waals surface area contributed by atoms with Crippen LogP contribution in [0.2, 0.25) is 0 Å². The zero-order valence-electron chi connectivity index (χ0n) is 11.9. The molecule has 0 atom stereocenters. The van der Waals surface area contributed by atoms with E-state index in [1.165, 1.54) is 0 Å². The van der Waals surface area contributed by atoms with E-state index in [9.17, 15) is 4.79 Å². The van der Waals surface area contributed by atoms with Gasteiger partial charge in [-0.15, -0.1) is 0 Å². The number of carbonyl (C=O) groups excluding carboxylic acids is 1. The summed E-state index contributed by atoms with van der Waals surface area (Å²) < 4.78 is 0. The van der Waals surface area contributed by atoms with E-state index in [1.54, 1.807) is 0 Å². The first-order valence-electron chi connectivity index (χ1n) is 6.55. The van der Waals surface area contributed by atoms with Gasteiger partial charge >= 0.3 is 0 Å². The van der Waals surface area contributed by atoms with Gasteiger partial charge in [0.1, 0.15) is 0 Å². The van der Waals surface area contributed by atoms with Gasteiger partial charge in [0, 0.05) is 11.1 Å². The number of aryl methyl sites for hydroxylation is 2. The van der Waals surface area contributed by atoms with Gasteiger partial charge in [-0.25, -0.2) is 0 Å². The van der Waals surface area contributed by atoms with Crippen LogP contribution in [0.15, 0.2) is 61.7 Å². The molecule has 1 heteroatoms. The molecule has 20 heavy (non-hydrogen) atoms. The van der Waals surface area contributed by atoms with Crippen LogP contribution in [0.3, 0.4) is 0 Å². The highest BCUT2D eigenvalue weighted by Crippen LogP contribution is 2.23. The number of allylic oxidation sites excluding steroid dienone is 2. The molecule has 0 bridgehead atoms. The van der Waals surface area contributed by atoms with Crippen LogP contribution in [0.25, 0.3) is 11.1 Å². The van der Waals surface area contributed by atoms with Crippen molar-refractivity contribution in [3.05, 3.63) is 83.9 Å². The number of carbonyl (C=O) groups is 1. The molecule has 0 saturated heterocycles. The molecule has 1 nitrogen and oxygen atoms in total. The average molecular weight is 262 g/mol. The summed E-state index contributed by atoms with van der Waals surface area (Å²) >= 11 is 0. The number of ketones is 1. The van der Waals surface area contributed by atoms with E-state index >= 15 is 0 Å². The maximum absolute atomic E-state index is 12.4. The van der Waals surface area contributed by atoms with Crippen LogP contribution in [0.1, 0.15) is 22.3 Å². The molecule has 0 N–H and O–H groups in total. The third-order valence-electron chi connectivity index (χ3n) is 3.35. The standard InChI is InChI=1S/C19H18O/c1-13-5-9-17(10-6-13)15(3)19(20)16(4)18-11-7-14(2)8-12-18/h5-12H,3-4H2,1-2H3. The van der Waals surface area contributed by atoms with Crippen LogP contribution in [-0.2, 0) is 4.79 Å². The molecule has 0 unspecified atom stereocenters.